The Balaban J connectivity index is 2.00. The number of benzene rings is 2. The third-order valence-electron chi connectivity index (χ3n) is 5.76. The molecule has 10 heteroatoms. The number of aliphatic hydroxyl groups is 1. The second-order valence-corrected chi connectivity index (χ2v) is 9.50. The van der Waals surface area contributed by atoms with Crippen LogP contribution in [0.4, 0.5) is 20.2 Å². The molecule has 0 bridgehead atoms. The summed E-state index contributed by atoms with van der Waals surface area (Å²) in [5.41, 5.74) is -0.535. The number of hydrogen-bond donors (Lipinski definition) is 3. The van der Waals surface area contributed by atoms with Crippen LogP contribution in [0.3, 0.4) is 0 Å². The third kappa shape index (κ3) is 5.28. The number of hydrogen-bond acceptors (Lipinski definition) is 5. The number of aromatic carboxylic acids is 1. The normalized spacial score (nSPS) is 18.9. The number of β-amino-alcohol motifs (C(OH)–C–C–N with tert-alkyl or cyclic N) is 1. The fraction of sp³-hybridized carbons (Fsp3) is 0.391. The number of piperazine rings is 1. The predicted molar refractivity (Wildman–Crippen MR) is 129 cm³/mol. The molecule has 0 aromatic heterocycles. The Hall–Kier alpha value is -2.31. The van der Waals surface area contributed by atoms with Gasteiger partial charge >= 0.3 is 5.97 Å². The van der Waals surface area contributed by atoms with Crippen molar-refractivity contribution in [3.05, 3.63) is 56.2 Å². The van der Waals surface area contributed by atoms with E-state index in [0.29, 0.717) is 25.3 Å². The predicted octanol–water partition coefficient (Wildman–Crippen LogP) is 3.85. The van der Waals surface area contributed by atoms with E-state index >= 15 is 8.78 Å². The van der Waals surface area contributed by atoms with E-state index in [4.69, 9.17) is 0 Å². The van der Waals surface area contributed by atoms with Gasteiger partial charge in [-0.1, -0.05) is 0 Å². The molecular formula is C23H26F2IN3O4. The second kappa shape index (κ2) is 10.3. The Morgan fingerprint density at radius 1 is 1.12 bits per heavy atom. The number of aryl methyl sites for hydroxylation is 1. The molecular weight excluding hydrogens is 547 g/mol. The van der Waals surface area contributed by atoms with Gasteiger partial charge in [0.15, 0.2) is 11.6 Å². The van der Waals surface area contributed by atoms with Crippen LogP contribution in [-0.2, 0) is 0 Å². The van der Waals surface area contributed by atoms with Crippen molar-refractivity contribution < 1.29 is 28.6 Å². The van der Waals surface area contributed by atoms with Gasteiger partial charge in [-0.25, -0.2) is 13.6 Å². The average Bonchev–Trinajstić information content (AvgIpc) is 2.72. The number of nitrogens with one attached hydrogen (secondary N) is 1. The van der Waals surface area contributed by atoms with Gasteiger partial charge in [0, 0.05) is 41.0 Å². The van der Waals surface area contributed by atoms with E-state index in [-0.39, 0.29) is 18.7 Å². The van der Waals surface area contributed by atoms with Gasteiger partial charge in [-0.3, -0.25) is 9.69 Å². The Morgan fingerprint density at radius 2 is 1.76 bits per heavy atom. The molecule has 3 rings (SSSR count). The van der Waals surface area contributed by atoms with Gasteiger partial charge in [0.2, 0.25) is 0 Å². The molecule has 1 saturated heterocycles. The maximum Gasteiger partial charge on any atom is 0.337 e. The van der Waals surface area contributed by atoms with Gasteiger partial charge < -0.3 is 20.4 Å². The molecule has 1 amide bonds. The van der Waals surface area contributed by atoms with Gasteiger partial charge in [0.1, 0.15) is 0 Å². The number of nitrogens with zero attached hydrogens (tertiary/aromatic N) is 2. The summed E-state index contributed by atoms with van der Waals surface area (Å²) in [6, 6.07) is 5.43. The zero-order valence-electron chi connectivity index (χ0n) is 18.5. The van der Waals surface area contributed by atoms with Gasteiger partial charge in [0.05, 0.1) is 23.4 Å². The first-order chi connectivity index (χ1) is 15.5. The molecule has 0 saturated carbocycles. The van der Waals surface area contributed by atoms with Crippen molar-refractivity contribution in [2.45, 2.75) is 32.9 Å². The topological polar surface area (TPSA) is 93.1 Å². The van der Waals surface area contributed by atoms with Crippen LogP contribution in [0.15, 0.2) is 24.3 Å². The van der Waals surface area contributed by atoms with Crippen LogP contribution in [0.25, 0.3) is 0 Å². The minimum atomic E-state index is -1.48. The summed E-state index contributed by atoms with van der Waals surface area (Å²) in [5.74, 6) is -5.07. The molecule has 2 aromatic rings. The number of halogens is 3. The van der Waals surface area contributed by atoms with E-state index in [1.165, 1.54) is 4.90 Å². The minimum Gasteiger partial charge on any atom is -0.478 e. The number of rotatable bonds is 6. The van der Waals surface area contributed by atoms with Crippen molar-refractivity contribution in [2.24, 2.45) is 0 Å². The Kier molecular flexibility index (Phi) is 7.91. The molecule has 0 aliphatic carbocycles. The fourth-order valence-electron chi connectivity index (χ4n) is 4.27. The lowest BCUT2D eigenvalue weighted by Crippen LogP contribution is -2.59. The standard InChI is InChI=1S/C23H26F2IN3O4/c1-12-8-15(26)4-5-18(12)27-21-17(23(32)33)9-16(19(24)20(21)25)22(31)29-13(2)10-28(6-7-30)11-14(29)3/h4-5,8-9,13-14,27,30H,6-7,10-11H2,1-3H3,(H,32,33). The van der Waals surface area contributed by atoms with E-state index in [2.05, 4.69) is 27.9 Å². The molecule has 2 unspecified atom stereocenters. The summed E-state index contributed by atoms with van der Waals surface area (Å²) in [5, 5.41) is 21.6. The first-order valence-corrected chi connectivity index (χ1v) is 11.6. The highest BCUT2D eigenvalue weighted by Crippen LogP contribution is 2.32. The molecule has 1 aliphatic heterocycles. The van der Waals surface area contributed by atoms with Crippen molar-refractivity contribution in [1.82, 2.24) is 9.80 Å². The van der Waals surface area contributed by atoms with Crippen LogP contribution in [0.2, 0.25) is 0 Å². The van der Waals surface area contributed by atoms with Crippen molar-refractivity contribution in [3.63, 3.8) is 0 Å². The fourth-order valence-corrected chi connectivity index (χ4v) is 4.92. The van der Waals surface area contributed by atoms with Crippen molar-refractivity contribution in [2.75, 3.05) is 31.6 Å². The largest absolute Gasteiger partial charge is 0.478 e. The summed E-state index contributed by atoms with van der Waals surface area (Å²) in [6.45, 7) is 6.65. The first kappa shape index (κ1) is 25.3. The second-order valence-electron chi connectivity index (χ2n) is 8.26. The van der Waals surface area contributed by atoms with Crippen LogP contribution >= 0.6 is 22.6 Å². The lowest BCUT2D eigenvalue weighted by atomic mass is 10.0. The van der Waals surface area contributed by atoms with Crippen molar-refractivity contribution in [1.29, 1.82) is 0 Å². The Morgan fingerprint density at radius 3 is 2.30 bits per heavy atom. The number of carboxylic acids is 1. The molecule has 2 aromatic carbocycles. The van der Waals surface area contributed by atoms with Crippen molar-refractivity contribution in [3.8, 4) is 0 Å². The lowest BCUT2D eigenvalue weighted by Gasteiger charge is -2.44. The summed E-state index contributed by atoms with van der Waals surface area (Å²) in [7, 11) is 0. The number of amides is 1. The highest BCUT2D eigenvalue weighted by Gasteiger charge is 2.36. The number of aliphatic hydroxyl groups excluding tert-OH is 1. The molecule has 33 heavy (non-hydrogen) atoms. The van der Waals surface area contributed by atoms with E-state index in [1.54, 1.807) is 32.9 Å². The lowest BCUT2D eigenvalue weighted by molar-refractivity contribution is 0.0246. The van der Waals surface area contributed by atoms with Crippen LogP contribution in [0.5, 0.6) is 0 Å². The average molecular weight is 573 g/mol. The van der Waals surface area contributed by atoms with Gasteiger partial charge in [-0.15, -0.1) is 0 Å². The zero-order valence-corrected chi connectivity index (χ0v) is 20.7. The SMILES string of the molecule is Cc1cc(I)ccc1Nc1c(C(=O)O)cc(C(=O)N2C(C)CN(CCO)CC2C)c(F)c1F. The Labute approximate surface area is 204 Å². The molecule has 0 spiro atoms. The van der Waals surface area contributed by atoms with Crippen LogP contribution < -0.4 is 5.32 Å². The number of carbonyl (C=O) groups excluding carboxylic acids is 1. The molecule has 0 radical (unpaired) electrons. The molecule has 7 nitrogen and oxygen atoms in total. The van der Waals surface area contributed by atoms with Crippen LogP contribution in [-0.4, -0.2) is 70.2 Å². The van der Waals surface area contributed by atoms with Gasteiger partial charge in [0.25, 0.3) is 5.91 Å². The quantitative estimate of drug-likeness (QED) is 0.455. The van der Waals surface area contributed by atoms with E-state index in [1.807, 2.05) is 11.0 Å². The molecule has 1 aliphatic rings. The smallest absolute Gasteiger partial charge is 0.337 e. The molecule has 178 valence electrons. The zero-order chi connectivity index (χ0) is 24.4. The first-order valence-electron chi connectivity index (χ1n) is 10.5. The van der Waals surface area contributed by atoms with E-state index in [9.17, 15) is 19.8 Å². The highest BCUT2D eigenvalue weighted by atomic mass is 127. The monoisotopic (exact) mass is 573 g/mol. The Bertz CT molecular complexity index is 1070. The van der Waals surface area contributed by atoms with Crippen molar-refractivity contribution >= 4 is 45.8 Å². The molecule has 2 atom stereocenters. The van der Waals surface area contributed by atoms with Gasteiger partial charge in [-0.2, -0.15) is 0 Å². The summed E-state index contributed by atoms with van der Waals surface area (Å²) in [6.07, 6.45) is 0. The number of carbonyl (C=O) groups is 2. The molecule has 3 N–H and O–H groups in total. The summed E-state index contributed by atoms with van der Waals surface area (Å²) >= 11 is 2.11. The third-order valence-corrected chi connectivity index (χ3v) is 6.43. The number of anilines is 2. The van der Waals surface area contributed by atoms with E-state index < -0.39 is 40.3 Å². The summed E-state index contributed by atoms with van der Waals surface area (Å²) in [4.78, 5) is 28.6. The maximum absolute atomic E-state index is 15.2. The van der Waals surface area contributed by atoms with Gasteiger partial charge in [-0.05, 0) is 73.2 Å². The minimum absolute atomic E-state index is 0.0241. The van der Waals surface area contributed by atoms with Crippen LogP contribution in [0, 0.1) is 22.1 Å². The highest BCUT2D eigenvalue weighted by molar-refractivity contribution is 14.1. The van der Waals surface area contributed by atoms with E-state index in [0.717, 1.165) is 15.2 Å². The summed E-state index contributed by atoms with van der Waals surface area (Å²) < 4.78 is 31.2. The van der Waals surface area contributed by atoms with Crippen LogP contribution in [0.1, 0.15) is 40.1 Å². The molecule has 1 fully saturated rings. The molecule has 1 heterocycles. The maximum atomic E-state index is 15.2. The number of carboxylic acid groups (broad SMARTS) is 1.